The zero-order valence-corrected chi connectivity index (χ0v) is 22.7. The minimum Gasteiger partial charge on any atom is -0.462 e. The first kappa shape index (κ1) is 26.7. The SMILES string of the molecule is CCc1ccc(N2CC(CN3CCC(C(C#N)(c4cccc(F)c4)[C@@H]4CCC[C@H]4OC(C)=O)CC3)C2)cc1. The molecule has 202 valence electrons. The van der Waals surface area contributed by atoms with Crippen LogP contribution in [0.5, 0.6) is 0 Å². The molecule has 1 aliphatic carbocycles. The van der Waals surface area contributed by atoms with Crippen LogP contribution in [0.4, 0.5) is 10.1 Å². The molecule has 3 fully saturated rings. The van der Waals surface area contributed by atoms with Crippen molar-refractivity contribution in [1.29, 1.82) is 5.26 Å². The molecule has 1 unspecified atom stereocenters. The van der Waals surface area contributed by atoms with Crippen LogP contribution < -0.4 is 4.90 Å². The number of carbonyl (C=O) groups is 1. The van der Waals surface area contributed by atoms with Gasteiger partial charge in [-0.3, -0.25) is 4.79 Å². The van der Waals surface area contributed by atoms with Gasteiger partial charge in [-0.1, -0.05) is 31.2 Å². The molecule has 3 atom stereocenters. The Morgan fingerprint density at radius 1 is 1.11 bits per heavy atom. The van der Waals surface area contributed by atoms with E-state index < -0.39 is 5.41 Å². The highest BCUT2D eigenvalue weighted by atomic mass is 19.1. The molecule has 0 aromatic heterocycles. The monoisotopic (exact) mass is 517 g/mol. The van der Waals surface area contributed by atoms with Gasteiger partial charge in [-0.05, 0) is 92.9 Å². The van der Waals surface area contributed by atoms with Crippen LogP contribution in [0.2, 0.25) is 0 Å². The number of benzene rings is 2. The Bertz CT molecular complexity index is 1150. The second kappa shape index (κ2) is 11.5. The number of hydrogen-bond donors (Lipinski definition) is 0. The summed E-state index contributed by atoms with van der Waals surface area (Å²) in [6.07, 6.45) is 5.06. The Balaban J connectivity index is 1.25. The standard InChI is InChI=1S/C32H40FN3O2/c1-3-24-10-12-29(13-11-24)36-20-25(21-36)19-35-16-14-26(15-17-35)32(22-34,27-6-4-7-28(33)18-27)30-8-5-9-31(30)38-23(2)37/h4,6-7,10-13,18,25-26,30-31H,3,5,8-9,14-17,19-21H2,1-2H3/t30-,31-,32?/m1/s1. The second-order valence-corrected chi connectivity index (χ2v) is 11.5. The van der Waals surface area contributed by atoms with Gasteiger partial charge in [0.05, 0.1) is 11.5 Å². The molecule has 0 bridgehead atoms. The van der Waals surface area contributed by atoms with Crippen molar-refractivity contribution in [2.45, 2.75) is 63.9 Å². The van der Waals surface area contributed by atoms with E-state index in [1.807, 2.05) is 6.07 Å². The van der Waals surface area contributed by atoms with Crippen molar-refractivity contribution in [2.24, 2.45) is 17.8 Å². The molecule has 2 aliphatic heterocycles. The smallest absolute Gasteiger partial charge is 0.302 e. The van der Waals surface area contributed by atoms with Gasteiger partial charge in [0.1, 0.15) is 11.9 Å². The largest absolute Gasteiger partial charge is 0.462 e. The molecule has 0 spiro atoms. The third-order valence-electron chi connectivity index (χ3n) is 9.26. The van der Waals surface area contributed by atoms with Crippen molar-refractivity contribution < 1.29 is 13.9 Å². The summed E-state index contributed by atoms with van der Waals surface area (Å²) in [5.74, 6) is 0.0133. The fourth-order valence-corrected chi connectivity index (χ4v) is 7.31. The number of esters is 1. The lowest BCUT2D eigenvalue weighted by Gasteiger charge is -2.48. The van der Waals surface area contributed by atoms with Crippen LogP contribution >= 0.6 is 0 Å². The summed E-state index contributed by atoms with van der Waals surface area (Å²) in [5.41, 5.74) is 2.57. The Morgan fingerprint density at radius 2 is 1.84 bits per heavy atom. The quantitative estimate of drug-likeness (QED) is 0.419. The first-order valence-electron chi connectivity index (χ1n) is 14.3. The number of aryl methyl sites for hydroxylation is 1. The van der Waals surface area contributed by atoms with Crippen molar-refractivity contribution in [1.82, 2.24) is 4.90 Å². The topological polar surface area (TPSA) is 56.6 Å². The summed E-state index contributed by atoms with van der Waals surface area (Å²) in [6.45, 7) is 8.75. The minimum atomic E-state index is -0.858. The van der Waals surface area contributed by atoms with Crippen LogP contribution in [-0.4, -0.2) is 49.7 Å². The maximum absolute atomic E-state index is 14.4. The van der Waals surface area contributed by atoms with Crippen molar-refractivity contribution in [3.63, 3.8) is 0 Å². The number of anilines is 1. The van der Waals surface area contributed by atoms with E-state index in [1.165, 1.54) is 30.3 Å². The number of piperidine rings is 1. The number of rotatable bonds is 8. The van der Waals surface area contributed by atoms with E-state index in [4.69, 9.17) is 4.74 Å². The summed E-state index contributed by atoms with van der Waals surface area (Å²) in [5, 5.41) is 10.8. The van der Waals surface area contributed by atoms with Gasteiger partial charge in [-0.25, -0.2) is 4.39 Å². The third-order valence-corrected chi connectivity index (χ3v) is 9.26. The lowest BCUT2D eigenvalue weighted by molar-refractivity contribution is -0.149. The maximum Gasteiger partial charge on any atom is 0.302 e. The molecular weight excluding hydrogens is 477 g/mol. The Morgan fingerprint density at radius 3 is 2.47 bits per heavy atom. The van der Waals surface area contributed by atoms with Gasteiger partial charge < -0.3 is 14.5 Å². The molecule has 0 N–H and O–H groups in total. The van der Waals surface area contributed by atoms with Crippen molar-refractivity contribution in [2.75, 3.05) is 37.6 Å². The highest BCUT2D eigenvalue weighted by molar-refractivity contribution is 5.66. The average Bonchev–Trinajstić information content (AvgIpc) is 3.35. The number of halogens is 1. The summed E-state index contributed by atoms with van der Waals surface area (Å²) < 4.78 is 20.2. The molecule has 5 rings (SSSR count). The molecule has 0 radical (unpaired) electrons. The van der Waals surface area contributed by atoms with E-state index in [0.29, 0.717) is 5.92 Å². The molecule has 38 heavy (non-hydrogen) atoms. The van der Waals surface area contributed by atoms with E-state index in [0.717, 1.165) is 76.8 Å². The van der Waals surface area contributed by atoms with E-state index in [9.17, 15) is 14.4 Å². The minimum absolute atomic E-state index is 0.0988. The molecule has 0 amide bonds. The lowest BCUT2D eigenvalue weighted by Crippen LogP contribution is -2.54. The van der Waals surface area contributed by atoms with Crippen LogP contribution in [0.15, 0.2) is 48.5 Å². The van der Waals surface area contributed by atoms with Crippen LogP contribution in [0.1, 0.15) is 57.1 Å². The van der Waals surface area contributed by atoms with Gasteiger partial charge in [0.25, 0.3) is 0 Å². The molecule has 6 heteroatoms. The van der Waals surface area contributed by atoms with Gasteiger partial charge >= 0.3 is 5.97 Å². The van der Waals surface area contributed by atoms with Gasteiger partial charge in [0, 0.05) is 44.1 Å². The predicted molar refractivity (Wildman–Crippen MR) is 147 cm³/mol. The van der Waals surface area contributed by atoms with E-state index >= 15 is 0 Å². The molecular formula is C32H40FN3O2. The molecule has 1 saturated carbocycles. The maximum atomic E-state index is 14.4. The molecule has 2 aromatic rings. The van der Waals surface area contributed by atoms with Crippen LogP contribution in [0, 0.1) is 34.9 Å². The summed E-state index contributed by atoms with van der Waals surface area (Å²) in [4.78, 5) is 16.9. The number of nitriles is 1. The van der Waals surface area contributed by atoms with E-state index in [-0.39, 0.29) is 29.7 Å². The van der Waals surface area contributed by atoms with Gasteiger partial charge in [0.15, 0.2) is 0 Å². The van der Waals surface area contributed by atoms with Crippen molar-refractivity contribution in [3.8, 4) is 6.07 Å². The van der Waals surface area contributed by atoms with Crippen LogP contribution in [-0.2, 0) is 21.4 Å². The van der Waals surface area contributed by atoms with Crippen LogP contribution in [0.25, 0.3) is 0 Å². The predicted octanol–water partition coefficient (Wildman–Crippen LogP) is 5.73. The molecule has 5 nitrogen and oxygen atoms in total. The van der Waals surface area contributed by atoms with Crippen LogP contribution in [0.3, 0.4) is 0 Å². The number of carbonyl (C=O) groups excluding carboxylic acids is 1. The normalized spacial score (nSPS) is 24.4. The highest BCUT2D eigenvalue weighted by Crippen LogP contribution is 2.51. The van der Waals surface area contributed by atoms with Gasteiger partial charge in [-0.15, -0.1) is 0 Å². The van der Waals surface area contributed by atoms with E-state index in [2.05, 4.69) is 47.1 Å². The first-order chi connectivity index (χ1) is 18.4. The first-order valence-corrected chi connectivity index (χ1v) is 14.3. The molecule has 2 aromatic carbocycles. The molecule has 3 aliphatic rings. The number of nitrogens with zero attached hydrogens (tertiary/aromatic N) is 3. The van der Waals surface area contributed by atoms with Gasteiger partial charge in [-0.2, -0.15) is 5.26 Å². The second-order valence-electron chi connectivity index (χ2n) is 11.5. The van der Waals surface area contributed by atoms with Crippen molar-refractivity contribution >= 4 is 11.7 Å². The van der Waals surface area contributed by atoms with E-state index in [1.54, 1.807) is 6.07 Å². The zero-order valence-electron chi connectivity index (χ0n) is 22.7. The lowest BCUT2D eigenvalue weighted by atomic mass is 9.59. The summed E-state index contributed by atoms with van der Waals surface area (Å²) in [7, 11) is 0. The summed E-state index contributed by atoms with van der Waals surface area (Å²) >= 11 is 0. The third kappa shape index (κ3) is 5.31. The van der Waals surface area contributed by atoms with Crippen molar-refractivity contribution in [3.05, 3.63) is 65.5 Å². The number of likely N-dealkylation sites (tertiary alicyclic amines) is 1. The summed E-state index contributed by atoms with van der Waals surface area (Å²) in [6, 6.07) is 18.2. The number of ether oxygens (including phenoxy) is 1. The Kier molecular flexibility index (Phi) is 8.04. The Labute approximate surface area is 226 Å². The fraction of sp³-hybridized carbons (Fsp3) is 0.562. The Hall–Kier alpha value is -2.91. The highest BCUT2D eigenvalue weighted by Gasteiger charge is 2.53. The molecule has 2 saturated heterocycles. The fourth-order valence-electron chi connectivity index (χ4n) is 7.31. The molecule has 2 heterocycles. The number of hydrogen-bond acceptors (Lipinski definition) is 5. The van der Waals surface area contributed by atoms with Gasteiger partial charge in [0.2, 0.25) is 0 Å². The average molecular weight is 518 g/mol. The zero-order chi connectivity index (χ0) is 26.7.